The van der Waals surface area contributed by atoms with Gasteiger partial charge in [-0.1, -0.05) is 6.08 Å². The SMILES string of the molecule is COc1ncc(N2C=COC(C3=C(N[C@H]4CCN(C(=O)C5CCOCC5)C4)C=CCC3)=C2)cc1C#N. The first kappa shape index (κ1) is 23.9. The van der Waals surface area contributed by atoms with Crippen LogP contribution < -0.4 is 15.0 Å². The summed E-state index contributed by atoms with van der Waals surface area (Å²) in [5.74, 6) is 1.40. The van der Waals surface area contributed by atoms with Gasteiger partial charge in [0.1, 0.15) is 23.7 Å². The molecule has 9 heteroatoms. The minimum atomic E-state index is 0.0920. The highest BCUT2D eigenvalue weighted by molar-refractivity contribution is 5.79. The van der Waals surface area contributed by atoms with Crippen LogP contribution in [0.1, 0.15) is 37.7 Å². The summed E-state index contributed by atoms with van der Waals surface area (Å²) in [6.07, 6.45) is 15.6. The Hall–Kier alpha value is -3.77. The molecule has 0 bridgehead atoms. The minimum absolute atomic E-state index is 0.0920. The van der Waals surface area contributed by atoms with Gasteiger partial charge < -0.3 is 29.3 Å². The fraction of sp³-hybridized carbons (Fsp3) is 0.444. The van der Waals surface area contributed by atoms with Crippen molar-refractivity contribution in [2.75, 3.05) is 38.3 Å². The van der Waals surface area contributed by atoms with Gasteiger partial charge in [0.2, 0.25) is 11.8 Å². The van der Waals surface area contributed by atoms with E-state index >= 15 is 0 Å². The second-order valence-electron chi connectivity index (χ2n) is 9.30. The number of nitrogens with zero attached hydrogens (tertiary/aromatic N) is 4. The number of anilines is 1. The number of methoxy groups -OCH3 is 1. The molecule has 1 amide bonds. The molecule has 0 radical (unpaired) electrons. The minimum Gasteiger partial charge on any atom is -0.480 e. The zero-order valence-electron chi connectivity index (χ0n) is 20.5. The Labute approximate surface area is 211 Å². The summed E-state index contributed by atoms with van der Waals surface area (Å²) in [6, 6.07) is 4.07. The molecule has 1 aliphatic carbocycles. The maximum atomic E-state index is 12.9. The summed E-state index contributed by atoms with van der Waals surface area (Å²) in [5, 5.41) is 13.1. The van der Waals surface area contributed by atoms with Crippen LogP contribution in [-0.2, 0) is 14.3 Å². The fourth-order valence-corrected chi connectivity index (χ4v) is 5.06. The average Bonchev–Trinajstić information content (AvgIpc) is 3.41. The Balaban J connectivity index is 1.31. The topological polar surface area (TPSA) is 100.0 Å². The van der Waals surface area contributed by atoms with Gasteiger partial charge >= 0.3 is 0 Å². The molecule has 2 saturated heterocycles. The van der Waals surface area contributed by atoms with Crippen LogP contribution in [0, 0.1) is 17.2 Å². The lowest BCUT2D eigenvalue weighted by Gasteiger charge is -2.27. The molecule has 0 unspecified atom stereocenters. The van der Waals surface area contributed by atoms with Crippen molar-refractivity contribution < 1.29 is 19.0 Å². The molecule has 4 aliphatic rings. The molecule has 5 rings (SSSR count). The van der Waals surface area contributed by atoms with Crippen molar-refractivity contribution in [3.63, 3.8) is 0 Å². The first-order valence-electron chi connectivity index (χ1n) is 12.5. The van der Waals surface area contributed by atoms with E-state index in [2.05, 4.69) is 28.5 Å². The second-order valence-corrected chi connectivity index (χ2v) is 9.30. The Bertz CT molecular complexity index is 1160. The third-order valence-electron chi connectivity index (χ3n) is 7.02. The number of hydrogen-bond donors (Lipinski definition) is 1. The number of carbonyl (C=O) groups is 1. The molecule has 0 aromatic carbocycles. The monoisotopic (exact) mass is 489 g/mol. The highest BCUT2D eigenvalue weighted by atomic mass is 16.5. The van der Waals surface area contributed by atoms with Crippen molar-refractivity contribution in [1.82, 2.24) is 15.2 Å². The summed E-state index contributed by atoms with van der Waals surface area (Å²) in [5.41, 5.74) is 3.22. The van der Waals surface area contributed by atoms with Crippen LogP contribution in [0.3, 0.4) is 0 Å². The average molecular weight is 490 g/mol. The quantitative estimate of drug-likeness (QED) is 0.650. The number of carbonyl (C=O) groups excluding carboxylic acids is 1. The van der Waals surface area contributed by atoms with Crippen LogP contribution in [0.15, 0.2) is 60.1 Å². The van der Waals surface area contributed by atoms with E-state index in [0.717, 1.165) is 61.4 Å². The number of nitrogens with one attached hydrogen (secondary N) is 1. The lowest BCUT2D eigenvalue weighted by atomic mass is 9.99. The molecule has 36 heavy (non-hydrogen) atoms. The van der Waals surface area contributed by atoms with Gasteiger partial charge in [-0.3, -0.25) is 4.79 Å². The van der Waals surface area contributed by atoms with E-state index in [1.807, 2.05) is 16.0 Å². The lowest BCUT2D eigenvalue weighted by molar-refractivity contribution is -0.137. The van der Waals surface area contributed by atoms with Gasteiger partial charge in [-0.25, -0.2) is 4.98 Å². The van der Waals surface area contributed by atoms with Gasteiger partial charge in [0.15, 0.2) is 0 Å². The van der Waals surface area contributed by atoms with E-state index < -0.39 is 0 Å². The van der Waals surface area contributed by atoms with E-state index in [1.165, 1.54) is 7.11 Å². The standard InChI is InChI=1S/C27H31N5O4/c1-34-26-20(15-28)14-22(16-29-26)31-10-13-36-25(18-31)23-4-2-3-5-24(23)30-21-6-9-32(17-21)27(33)19-7-11-35-12-8-19/h3,5,10,13-14,16,18-19,21,30H,2,4,6-9,11-12,17H2,1H3/t21-/m0/s1. The Morgan fingerprint density at radius 2 is 2.17 bits per heavy atom. The molecule has 4 heterocycles. The van der Waals surface area contributed by atoms with Crippen molar-refractivity contribution in [2.45, 2.75) is 38.1 Å². The molecule has 1 aromatic heterocycles. The summed E-state index contributed by atoms with van der Waals surface area (Å²) in [6.45, 7) is 2.85. The third-order valence-corrected chi connectivity index (χ3v) is 7.02. The molecule has 0 spiro atoms. The summed E-state index contributed by atoms with van der Waals surface area (Å²) >= 11 is 0. The predicted molar refractivity (Wildman–Crippen MR) is 133 cm³/mol. The number of ether oxygens (including phenoxy) is 3. The maximum absolute atomic E-state index is 12.9. The zero-order valence-corrected chi connectivity index (χ0v) is 20.5. The van der Waals surface area contributed by atoms with Crippen molar-refractivity contribution >= 4 is 11.6 Å². The van der Waals surface area contributed by atoms with Crippen LogP contribution in [0.2, 0.25) is 0 Å². The molecule has 1 aromatic rings. The van der Waals surface area contributed by atoms with Crippen molar-refractivity contribution in [3.8, 4) is 11.9 Å². The van der Waals surface area contributed by atoms with E-state index in [9.17, 15) is 10.1 Å². The molecular formula is C27H31N5O4. The Kier molecular flexibility index (Phi) is 7.23. The van der Waals surface area contributed by atoms with E-state index in [4.69, 9.17) is 14.2 Å². The van der Waals surface area contributed by atoms with Gasteiger partial charge in [0.05, 0.1) is 25.2 Å². The number of allylic oxidation sites excluding steroid dienone is 3. The molecular weight excluding hydrogens is 458 g/mol. The number of hydrogen-bond acceptors (Lipinski definition) is 8. The van der Waals surface area contributed by atoms with E-state index in [0.29, 0.717) is 31.2 Å². The first-order valence-corrected chi connectivity index (χ1v) is 12.5. The molecule has 188 valence electrons. The molecule has 1 N–H and O–H groups in total. The molecule has 2 fully saturated rings. The maximum Gasteiger partial charge on any atom is 0.231 e. The van der Waals surface area contributed by atoms with Crippen molar-refractivity contribution in [2.24, 2.45) is 5.92 Å². The van der Waals surface area contributed by atoms with E-state index in [-0.39, 0.29) is 17.9 Å². The van der Waals surface area contributed by atoms with Crippen molar-refractivity contribution in [3.05, 3.63) is 65.7 Å². The van der Waals surface area contributed by atoms with E-state index in [1.54, 1.807) is 24.7 Å². The normalized spacial score (nSPS) is 22.2. The highest BCUT2D eigenvalue weighted by Crippen LogP contribution is 2.31. The Morgan fingerprint density at radius 3 is 2.97 bits per heavy atom. The van der Waals surface area contributed by atoms with Crippen molar-refractivity contribution in [1.29, 1.82) is 5.26 Å². The third kappa shape index (κ3) is 5.09. The number of aromatic nitrogens is 1. The predicted octanol–water partition coefficient (Wildman–Crippen LogP) is 3.33. The van der Waals surface area contributed by atoms with Crippen LogP contribution >= 0.6 is 0 Å². The van der Waals surface area contributed by atoms with Gasteiger partial charge in [-0.15, -0.1) is 0 Å². The molecule has 3 aliphatic heterocycles. The molecule has 0 saturated carbocycles. The Morgan fingerprint density at radius 1 is 1.31 bits per heavy atom. The largest absolute Gasteiger partial charge is 0.480 e. The van der Waals surface area contributed by atoms with Crippen LogP contribution in [-0.4, -0.2) is 55.2 Å². The lowest BCUT2D eigenvalue weighted by Crippen LogP contribution is -2.39. The smallest absolute Gasteiger partial charge is 0.231 e. The van der Waals surface area contributed by atoms with Crippen LogP contribution in [0.4, 0.5) is 5.69 Å². The highest BCUT2D eigenvalue weighted by Gasteiger charge is 2.32. The number of nitriles is 1. The van der Waals surface area contributed by atoms with Gasteiger partial charge in [0.25, 0.3) is 0 Å². The van der Waals surface area contributed by atoms with Gasteiger partial charge in [0, 0.05) is 55.7 Å². The summed E-state index contributed by atoms with van der Waals surface area (Å²) in [7, 11) is 1.50. The zero-order chi connectivity index (χ0) is 24.9. The number of likely N-dealkylation sites (tertiary alicyclic amines) is 1. The van der Waals surface area contributed by atoms with Crippen LogP contribution in [0.25, 0.3) is 0 Å². The van der Waals surface area contributed by atoms with Gasteiger partial charge in [-0.2, -0.15) is 5.26 Å². The van der Waals surface area contributed by atoms with Gasteiger partial charge in [-0.05, 0) is 44.2 Å². The molecule has 1 atom stereocenters. The second kappa shape index (κ2) is 10.9. The summed E-state index contributed by atoms with van der Waals surface area (Å²) < 4.78 is 16.5. The van der Waals surface area contributed by atoms with Crippen LogP contribution in [0.5, 0.6) is 5.88 Å². The fourth-order valence-electron chi connectivity index (χ4n) is 5.06. The number of rotatable bonds is 6. The first-order chi connectivity index (χ1) is 17.7. The summed E-state index contributed by atoms with van der Waals surface area (Å²) in [4.78, 5) is 21.1. The molecule has 9 nitrogen and oxygen atoms in total. The number of pyridine rings is 1. The number of amides is 1.